The van der Waals surface area contributed by atoms with Crippen LogP contribution in [0.15, 0.2) is 0 Å². The van der Waals surface area contributed by atoms with Gasteiger partial charge < -0.3 is 0 Å². The molecular weight excluding hydrogens is 205 g/mol. The third-order valence-corrected chi connectivity index (χ3v) is 3.14. The summed E-state index contributed by atoms with van der Waals surface area (Å²) < 4.78 is 23.4. The fraction of sp³-hybridized carbons (Fsp3) is 0.333. The van der Waals surface area contributed by atoms with Gasteiger partial charge in [0.2, 0.25) is 0 Å². The van der Waals surface area contributed by atoms with Gasteiger partial charge in [-0.15, -0.1) is 0 Å². The van der Waals surface area contributed by atoms with Crippen molar-refractivity contribution in [2.75, 3.05) is 0 Å². The van der Waals surface area contributed by atoms with E-state index in [1.54, 1.807) is 0 Å². The van der Waals surface area contributed by atoms with Crippen molar-refractivity contribution in [2.45, 2.75) is 5.76 Å². The molecule has 0 radical (unpaired) electrons. The standard InChI is InChI=1S/C3HCl2F2N2S/c4-1-8-9-2(5)10(1)3(6)7/h3H/q+1. The molecule has 0 aliphatic carbocycles. The maximum atomic E-state index is 11.9. The Morgan fingerprint density at radius 3 is 1.80 bits per heavy atom. The number of hydrogen-bond donors (Lipinski definition) is 0. The fourth-order valence-corrected chi connectivity index (χ4v) is 2.11. The van der Waals surface area contributed by atoms with Gasteiger partial charge in [0.05, 0.1) is 0 Å². The molecule has 0 saturated heterocycles. The molecule has 0 amide bonds. The lowest BCUT2D eigenvalue weighted by Gasteiger charge is -1.81. The fourth-order valence-electron chi connectivity index (χ4n) is 0.383. The zero-order chi connectivity index (χ0) is 7.72. The van der Waals surface area contributed by atoms with Crippen LogP contribution in [0.5, 0.6) is 0 Å². The molecule has 1 rings (SSSR count). The molecule has 1 aromatic rings. The normalized spacial score (nSPS) is 10.9. The van der Waals surface area contributed by atoms with Gasteiger partial charge in [-0.1, -0.05) is 10.2 Å². The summed E-state index contributed by atoms with van der Waals surface area (Å²) >= 11 is 10.5. The summed E-state index contributed by atoms with van der Waals surface area (Å²) in [6.07, 6.45) is 0. The number of halogens is 4. The molecule has 1 heterocycles. The zero-order valence-corrected chi connectivity index (χ0v) is 6.72. The second kappa shape index (κ2) is 2.94. The van der Waals surface area contributed by atoms with Gasteiger partial charge in [-0.3, -0.25) is 0 Å². The smallest absolute Gasteiger partial charge is 0.152 e. The first kappa shape index (κ1) is 8.10. The maximum absolute atomic E-state index is 11.9. The van der Waals surface area contributed by atoms with Gasteiger partial charge in [-0.25, -0.2) is 0 Å². The van der Waals surface area contributed by atoms with Gasteiger partial charge >= 0.3 is 14.7 Å². The molecule has 0 aliphatic rings. The highest BCUT2D eigenvalue weighted by Crippen LogP contribution is 2.44. The number of nitrogens with zero attached hydrogens (tertiary/aromatic N) is 2. The van der Waals surface area contributed by atoms with E-state index in [9.17, 15) is 8.78 Å². The van der Waals surface area contributed by atoms with E-state index in [-0.39, 0.29) is 8.93 Å². The van der Waals surface area contributed by atoms with Gasteiger partial charge in [-0.05, 0) is 0 Å². The highest BCUT2D eigenvalue weighted by Gasteiger charge is 2.31. The summed E-state index contributed by atoms with van der Waals surface area (Å²) in [5, 5.41) is 6.38. The van der Waals surface area contributed by atoms with Crippen LogP contribution in [0.1, 0.15) is 5.76 Å². The quantitative estimate of drug-likeness (QED) is 0.660. The highest BCUT2D eigenvalue weighted by molar-refractivity contribution is 7.36. The highest BCUT2D eigenvalue weighted by atomic mass is 35.5. The average Bonchev–Trinajstić information content (AvgIpc) is 2.11. The number of hydrogen-bond acceptors (Lipinski definition) is 2. The van der Waals surface area contributed by atoms with Crippen LogP contribution in [0, 0.1) is 0 Å². The SMILES string of the molecule is FC(F)[s+]1c(Cl)nnc1Cl. The van der Waals surface area contributed by atoms with Crippen molar-refractivity contribution in [1.82, 2.24) is 10.2 Å². The molecule has 0 atom stereocenters. The minimum Gasteiger partial charge on any atom is -0.152 e. The topological polar surface area (TPSA) is 25.8 Å². The van der Waals surface area contributed by atoms with Gasteiger partial charge in [0.1, 0.15) is 10.5 Å². The van der Waals surface area contributed by atoms with Crippen molar-refractivity contribution >= 4 is 33.7 Å². The second-order valence-electron chi connectivity index (χ2n) is 1.30. The van der Waals surface area contributed by atoms with Gasteiger partial charge in [-0.2, -0.15) is 8.78 Å². The van der Waals surface area contributed by atoms with E-state index < -0.39 is 16.2 Å². The summed E-state index contributed by atoms with van der Waals surface area (Å²) in [7, 11) is -1.57. The van der Waals surface area contributed by atoms with Crippen molar-refractivity contribution in [3.8, 4) is 0 Å². The van der Waals surface area contributed by atoms with Crippen molar-refractivity contribution in [2.24, 2.45) is 0 Å². The predicted molar refractivity (Wildman–Crippen MR) is 35.8 cm³/mol. The van der Waals surface area contributed by atoms with Crippen LogP contribution in [0.4, 0.5) is 8.78 Å². The third-order valence-electron chi connectivity index (χ3n) is 0.748. The summed E-state index contributed by atoms with van der Waals surface area (Å²) in [5.41, 5.74) is 0. The van der Waals surface area contributed by atoms with E-state index in [2.05, 4.69) is 10.2 Å². The molecule has 0 aliphatic heterocycles. The Morgan fingerprint density at radius 2 is 1.60 bits per heavy atom. The minimum atomic E-state index is -2.60. The lowest BCUT2D eigenvalue weighted by Crippen LogP contribution is -1.68. The Kier molecular flexibility index (Phi) is 2.38. The van der Waals surface area contributed by atoms with Crippen LogP contribution in [0.3, 0.4) is 0 Å². The Hall–Kier alpha value is -0.0000000000000000555. The molecule has 0 aromatic carbocycles. The van der Waals surface area contributed by atoms with E-state index in [4.69, 9.17) is 23.2 Å². The van der Waals surface area contributed by atoms with Crippen LogP contribution < -0.4 is 0 Å². The Bertz CT molecular complexity index is 219. The number of aromatic nitrogens is 2. The number of alkyl halides is 2. The largest absolute Gasteiger partial charge is 0.426 e. The van der Waals surface area contributed by atoms with E-state index in [1.165, 1.54) is 0 Å². The van der Waals surface area contributed by atoms with E-state index in [0.717, 1.165) is 0 Å². The zero-order valence-electron chi connectivity index (χ0n) is 4.39. The third kappa shape index (κ3) is 1.36. The lowest BCUT2D eigenvalue weighted by atomic mass is 11.6. The molecule has 0 fully saturated rings. The first-order valence-corrected chi connectivity index (χ1v) is 4.15. The molecule has 0 N–H and O–H groups in total. The molecule has 1 aromatic heterocycles. The van der Waals surface area contributed by atoms with Crippen molar-refractivity contribution in [1.29, 1.82) is 0 Å². The average molecular weight is 206 g/mol. The van der Waals surface area contributed by atoms with Crippen LogP contribution in [-0.2, 0) is 0 Å². The molecule has 0 bridgehead atoms. The first-order chi connectivity index (χ1) is 4.63. The van der Waals surface area contributed by atoms with Crippen molar-refractivity contribution < 1.29 is 8.78 Å². The molecule has 2 nitrogen and oxygen atoms in total. The monoisotopic (exact) mass is 205 g/mol. The molecule has 0 spiro atoms. The molecule has 56 valence electrons. The van der Waals surface area contributed by atoms with Crippen molar-refractivity contribution in [3.63, 3.8) is 0 Å². The molecule has 0 unspecified atom stereocenters. The van der Waals surface area contributed by atoms with E-state index in [0.29, 0.717) is 0 Å². The molecule has 7 heteroatoms. The van der Waals surface area contributed by atoms with Crippen LogP contribution in [0.25, 0.3) is 0 Å². The van der Waals surface area contributed by atoms with Crippen LogP contribution in [0.2, 0.25) is 8.93 Å². The van der Waals surface area contributed by atoms with Gasteiger partial charge in [0.15, 0.2) is 0 Å². The van der Waals surface area contributed by atoms with E-state index >= 15 is 0 Å². The van der Waals surface area contributed by atoms with E-state index in [1.807, 2.05) is 0 Å². The summed E-state index contributed by atoms with van der Waals surface area (Å²) in [6, 6.07) is 0. The lowest BCUT2D eigenvalue weighted by molar-refractivity contribution is 0.205. The first-order valence-electron chi connectivity index (χ1n) is 2.11. The van der Waals surface area contributed by atoms with Crippen LogP contribution >= 0.6 is 33.7 Å². The molecule has 10 heavy (non-hydrogen) atoms. The molecule has 0 saturated carbocycles. The van der Waals surface area contributed by atoms with Gasteiger partial charge in [0, 0.05) is 23.2 Å². The minimum absolute atomic E-state index is 0.222. The van der Waals surface area contributed by atoms with Gasteiger partial charge in [0.25, 0.3) is 0 Å². The second-order valence-corrected chi connectivity index (χ2v) is 4.27. The Balaban J connectivity index is 3.10. The number of rotatable bonds is 1. The Morgan fingerprint density at radius 1 is 1.20 bits per heavy atom. The summed E-state index contributed by atoms with van der Waals surface area (Å²) in [5.74, 6) is -2.60. The van der Waals surface area contributed by atoms with Crippen molar-refractivity contribution in [3.05, 3.63) is 8.93 Å². The summed E-state index contributed by atoms with van der Waals surface area (Å²) in [4.78, 5) is 0. The maximum Gasteiger partial charge on any atom is 0.426 e. The molecular formula is C3HCl2F2N2S+. The summed E-state index contributed by atoms with van der Waals surface area (Å²) in [6.45, 7) is 0. The van der Waals surface area contributed by atoms with Crippen LogP contribution in [-0.4, -0.2) is 10.2 Å². The Labute approximate surface area is 67.8 Å². The predicted octanol–water partition coefficient (Wildman–Crippen LogP) is 2.93.